The zero-order valence-electron chi connectivity index (χ0n) is 15.4. The Morgan fingerprint density at radius 3 is 2.56 bits per heavy atom. The molecule has 27 heavy (non-hydrogen) atoms. The summed E-state index contributed by atoms with van der Waals surface area (Å²) in [6.45, 7) is 7.68. The van der Waals surface area contributed by atoms with E-state index in [-0.39, 0.29) is 5.69 Å². The summed E-state index contributed by atoms with van der Waals surface area (Å²) in [5.41, 5.74) is 1.27. The van der Waals surface area contributed by atoms with E-state index in [1.807, 2.05) is 18.4 Å². The Bertz CT molecular complexity index is 907. The average molecular weight is 377 g/mol. The molecular weight excluding hydrogens is 357 g/mol. The van der Waals surface area contributed by atoms with Gasteiger partial charge in [0.25, 0.3) is 5.91 Å². The lowest BCUT2D eigenvalue weighted by Gasteiger charge is -2.14. The number of aromatic nitrogens is 1. The highest BCUT2D eigenvalue weighted by Gasteiger charge is 2.23. The molecule has 1 amide bonds. The maximum Gasteiger partial charge on any atom is 0.340 e. The Morgan fingerprint density at radius 1 is 1.33 bits per heavy atom. The predicted molar refractivity (Wildman–Crippen MR) is 96.1 cm³/mol. The van der Waals surface area contributed by atoms with E-state index in [9.17, 15) is 24.1 Å². The molecule has 0 saturated carbocycles. The van der Waals surface area contributed by atoms with E-state index in [1.54, 1.807) is 13.0 Å². The summed E-state index contributed by atoms with van der Waals surface area (Å²) in [5.74, 6) is -2.34. The van der Waals surface area contributed by atoms with E-state index in [1.165, 1.54) is 13.0 Å². The maximum atomic E-state index is 13.4. The molecule has 1 heterocycles. The fourth-order valence-electron chi connectivity index (χ4n) is 2.75. The first-order chi connectivity index (χ1) is 12.6. The van der Waals surface area contributed by atoms with Crippen LogP contribution in [0.25, 0.3) is 0 Å². The summed E-state index contributed by atoms with van der Waals surface area (Å²) in [5, 5.41) is 13.1. The molecule has 1 atom stereocenters. The molecule has 0 spiro atoms. The first kappa shape index (κ1) is 20.1. The number of carbonyl (C=O) groups is 2. The number of aryl methyl sites for hydroxylation is 1. The summed E-state index contributed by atoms with van der Waals surface area (Å²) in [6.07, 6.45) is -1.15. The van der Waals surface area contributed by atoms with Crippen molar-refractivity contribution in [2.45, 2.75) is 40.3 Å². The fourth-order valence-corrected chi connectivity index (χ4v) is 2.75. The van der Waals surface area contributed by atoms with Gasteiger partial charge in [0.15, 0.2) is 6.10 Å². The average Bonchev–Trinajstić information content (AvgIpc) is 2.90. The van der Waals surface area contributed by atoms with E-state index in [4.69, 9.17) is 4.74 Å². The van der Waals surface area contributed by atoms with Gasteiger partial charge in [-0.15, -0.1) is 0 Å². The number of benzene rings is 1. The zero-order chi connectivity index (χ0) is 20.3. The number of ether oxygens (including phenoxy) is 1. The zero-order valence-corrected chi connectivity index (χ0v) is 15.4. The van der Waals surface area contributed by atoms with Crippen LogP contribution in [0.15, 0.2) is 24.3 Å². The molecule has 0 unspecified atom stereocenters. The third kappa shape index (κ3) is 4.30. The van der Waals surface area contributed by atoms with Crippen LogP contribution in [0.1, 0.15) is 35.6 Å². The third-order valence-electron chi connectivity index (χ3n) is 4.17. The van der Waals surface area contributed by atoms with Crippen molar-refractivity contribution in [2.24, 2.45) is 0 Å². The number of nitro benzene ring substituents is 1. The van der Waals surface area contributed by atoms with Crippen molar-refractivity contribution in [1.29, 1.82) is 0 Å². The Kier molecular flexibility index (Phi) is 5.94. The highest BCUT2D eigenvalue weighted by atomic mass is 19.1. The van der Waals surface area contributed by atoms with Crippen LogP contribution < -0.4 is 5.32 Å². The first-order valence-corrected chi connectivity index (χ1v) is 8.28. The van der Waals surface area contributed by atoms with Gasteiger partial charge in [-0.1, -0.05) is 0 Å². The second-order valence-electron chi connectivity index (χ2n) is 5.99. The fraction of sp³-hybridized carbons (Fsp3) is 0.333. The minimum atomic E-state index is -1.15. The molecule has 1 aromatic heterocycles. The molecule has 0 fully saturated rings. The number of halogens is 1. The summed E-state index contributed by atoms with van der Waals surface area (Å²) < 4.78 is 20.5. The predicted octanol–water partition coefficient (Wildman–Crippen LogP) is 3.36. The van der Waals surface area contributed by atoms with Crippen LogP contribution in [0.4, 0.5) is 15.8 Å². The number of nitrogens with zero attached hydrogens (tertiary/aromatic N) is 2. The van der Waals surface area contributed by atoms with Crippen molar-refractivity contribution in [3.63, 3.8) is 0 Å². The molecule has 0 aliphatic rings. The van der Waals surface area contributed by atoms with Crippen LogP contribution in [0.3, 0.4) is 0 Å². The normalized spacial score (nSPS) is 11.7. The largest absolute Gasteiger partial charge is 0.449 e. The van der Waals surface area contributed by atoms with Crippen LogP contribution in [-0.4, -0.2) is 27.5 Å². The van der Waals surface area contributed by atoms with Crippen molar-refractivity contribution in [3.05, 3.63) is 57.1 Å². The van der Waals surface area contributed by atoms with Crippen molar-refractivity contribution < 1.29 is 23.6 Å². The number of hydrogen-bond acceptors (Lipinski definition) is 5. The van der Waals surface area contributed by atoms with Gasteiger partial charge in [0.1, 0.15) is 0 Å². The Hall–Kier alpha value is -3.23. The molecule has 0 saturated heterocycles. The number of nitro groups is 1. The van der Waals surface area contributed by atoms with E-state index < -0.39 is 34.4 Å². The monoisotopic (exact) mass is 377 g/mol. The Balaban J connectivity index is 2.09. The molecule has 1 N–H and O–H groups in total. The summed E-state index contributed by atoms with van der Waals surface area (Å²) in [6, 6.07) is 4.65. The molecule has 1 aromatic carbocycles. The molecule has 0 aliphatic carbocycles. The molecule has 2 rings (SSSR count). The highest BCUT2D eigenvalue weighted by Crippen LogP contribution is 2.22. The molecular formula is C18H20FN3O5. The van der Waals surface area contributed by atoms with E-state index in [0.29, 0.717) is 12.1 Å². The number of rotatable bonds is 6. The number of anilines is 1. The van der Waals surface area contributed by atoms with Gasteiger partial charge >= 0.3 is 11.7 Å². The quantitative estimate of drug-likeness (QED) is 0.472. The number of carbonyl (C=O) groups excluding carboxylic acids is 2. The molecule has 8 nitrogen and oxygen atoms in total. The first-order valence-electron chi connectivity index (χ1n) is 8.28. The second kappa shape index (κ2) is 7.98. The highest BCUT2D eigenvalue weighted by molar-refractivity contribution is 5.98. The number of hydrogen-bond donors (Lipinski definition) is 1. The molecule has 2 aromatic rings. The van der Waals surface area contributed by atoms with Crippen molar-refractivity contribution in [3.8, 4) is 0 Å². The minimum absolute atomic E-state index is 0.0279. The van der Waals surface area contributed by atoms with Gasteiger partial charge in [-0.3, -0.25) is 14.9 Å². The molecule has 144 valence electrons. The molecule has 9 heteroatoms. The van der Waals surface area contributed by atoms with E-state index >= 15 is 0 Å². The van der Waals surface area contributed by atoms with Gasteiger partial charge in [-0.25, -0.2) is 4.79 Å². The van der Waals surface area contributed by atoms with Gasteiger partial charge in [0.2, 0.25) is 5.82 Å². The summed E-state index contributed by atoms with van der Waals surface area (Å²) in [4.78, 5) is 34.4. The third-order valence-corrected chi connectivity index (χ3v) is 4.17. The summed E-state index contributed by atoms with van der Waals surface area (Å²) in [7, 11) is 0. The van der Waals surface area contributed by atoms with Crippen molar-refractivity contribution in [2.75, 3.05) is 5.32 Å². The van der Waals surface area contributed by atoms with Gasteiger partial charge in [0, 0.05) is 29.7 Å². The van der Waals surface area contributed by atoms with Crippen LogP contribution in [-0.2, 0) is 16.1 Å². The molecule has 0 radical (unpaired) electrons. The van der Waals surface area contributed by atoms with Crippen molar-refractivity contribution >= 4 is 23.3 Å². The van der Waals surface area contributed by atoms with Crippen LogP contribution in [0.2, 0.25) is 0 Å². The molecule has 0 aliphatic heterocycles. The van der Waals surface area contributed by atoms with E-state index in [2.05, 4.69) is 5.32 Å². The smallest absolute Gasteiger partial charge is 0.340 e. The topological polar surface area (TPSA) is 103 Å². The standard InChI is InChI=1S/C18H20FN3O5/c1-5-21-10(2)8-14(11(21)3)18(24)27-12(4)17(23)20-13-6-7-15(19)16(9-13)22(25)26/h6-9,12H,5H2,1-4H3,(H,20,23)/t12-/m0/s1. The summed E-state index contributed by atoms with van der Waals surface area (Å²) >= 11 is 0. The van der Waals surface area contributed by atoms with Crippen LogP contribution in [0.5, 0.6) is 0 Å². The maximum absolute atomic E-state index is 13.4. The lowest BCUT2D eigenvalue weighted by molar-refractivity contribution is -0.387. The van der Waals surface area contributed by atoms with E-state index in [0.717, 1.165) is 23.5 Å². The van der Waals surface area contributed by atoms with Crippen LogP contribution in [0, 0.1) is 29.8 Å². The Labute approximate surface area is 155 Å². The van der Waals surface area contributed by atoms with Crippen LogP contribution >= 0.6 is 0 Å². The number of esters is 1. The SMILES string of the molecule is CCn1c(C)cc(C(=O)O[C@@H](C)C(=O)Nc2ccc(F)c([N+](=O)[O-])c2)c1C. The lowest BCUT2D eigenvalue weighted by atomic mass is 10.2. The number of amides is 1. The minimum Gasteiger partial charge on any atom is -0.449 e. The Morgan fingerprint density at radius 2 is 2.00 bits per heavy atom. The second-order valence-corrected chi connectivity index (χ2v) is 5.99. The van der Waals surface area contributed by atoms with Gasteiger partial charge in [-0.2, -0.15) is 4.39 Å². The lowest BCUT2D eigenvalue weighted by Crippen LogP contribution is -2.30. The number of nitrogens with one attached hydrogen (secondary N) is 1. The van der Waals surface area contributed by atoms with Gasteiger partial charge in [-0.05, 0) is 45.9 Å². The van der Waals surface area contributed by atoms with Gasteiger partial charge < -0.3 is 14.6 Å². The molecule has 0 bridgehead atoms. The van der Waals surface area contributed by atoms with Crippen molar-refractivity contribution in [1.82, 2.24) is 4.57 Å². The van der Waals surface area contributed by atoms with Gasteiger partial charge in [0.05, 0.1) is 10.5 Å².